The Balaban J connectivity index is 2.46. The monoisotopic (exact) mass is 265 g/mol. The standard InChI is InChI=1S/C14H23N3O2/c1-4-10(2)13-14(19)17-12(9-16-13)7-5-6-8-15-11(3)18/h9-10H,4-8H2,1-3H3,(H,15,18)(H,17,19). The van der Waals surface area contributed by atoms with E-state index < -0.39 is 0 Å². The van der Waals surface area contributed by atoms with Crippen LogP contribution in [-0.2, 0) is 11.2 Å². The first-order chi connectivity index (χ1) is 9.04. The molecule has 1 amide bonds. The summed E-state index contributed by atoms with van der Waals surface area (Å²) >= 11 is 0. The molecule has 1 rings (SSSR count). The fourth-order valence-electron chi connectivity index (χ4n) is 1.82. The van der Waals surface area contributed by atoms with E-state index in [0.717, 1.165) is 31.4 Å². The minimum atomic E-state index is -0.0753. The SMILES string of the molecule is CCC(C)c1ncc(CCCCNC(C)=O)[nH]c1=O. The molecular formula is C14H23N3O2. The van der Waals surface area contributed by atoms with Crippen LogP contribution in [0.25, 0.3) is 0 Å². The molecule has 0 saturated heterocycles. The first kappa shape index (κ1) is 15.4. The second-order valence-electron chi connectivity index (χ2n) is 4.87. The van der Waals surface area contributed by atoms with Gasteiger partial charge in [-0.05, 0) is 25.7 Å². The molecule has 0 aliphatic carbocycles. The molecule has 5 heteroatoms. The Hall–Kier alpha value is -1.65. The third-order valence-corrected chi connectivity index (χ3v) is 3.19. The molecule has 1 unspecified atom stereocenters. The van der Waals surface area contributed by atoms with E-state index in [0.29, 0.717) is 12.2 Å². The molecule has 1 aromatic heterocycles. The molecule has 1 atom stereocenters. The van der Waals surface area contributed by atoms with Crippen molar-refractivity contribution in [2.24, 2.45) is 0 Å². The molecular weight excluding hydrogens is 242 g/mol. The number of aromatic nitrogens is 2. The zero-order valence-electron chi connectivity index (χ0n) is 12.0. The molecule has 0 spiro atoms. The average Bonchev–Trinajstić information content (AvgIpc) is 2.37. The highest BCUT2D eigenvalue weighted by atomic mass is 16.1. The predicted molar refractivity (Wildman–Crippen MR) is 75.2 cm³/mol. The van der Waals surface area contributed by atoms with Gasteiger partial charge in [-0.25, -0.2) is 0 Å². The van der Waals surface area contributed by atoms with E-state index in [1.165, 1.54) is 6.92 Å². The maximum absolute atomic E-state index is 11.8. The minimum Gasteiger partial charge on any atom is -0.356 e. The number of carbonyl (C=O) groups excluding carboxylic acids is 1. The second-order valence-corrected chi connectivity index (χ2v) is 4.87. The van der Waals surface area contributed by atoms with Crippen molar-refractivity contribution in [3.8, 4) is 0 Å². The molecule has 0 aromatic carbocycles. The molecule has 1 heterocycles. The number of nitrogens with one attached hydrogen (secondary N) is 2. The lowest BCUT2D eigenvalue weighted by molar-refractivity contribution is -0.118. The van der Waals surface area contributed by atoms with E-state index >= 15 is 0 Å². The number of H-pyrrole nitrogens is 1. The highest BCUT2D eigenvalue weighted by molar-refractivity contribution is 5.72. The summed E-state index contributed by atoms with van der Waals surface area (Å²) in [6, 6.07) is 0. The number of hydrogen-bond acceptors (Lipinski definition) is 3. The normalized spacial score (nSPS) is 12.2. The van der Waals surface area contributed by atoms with Gasteiger partial charge in [-0.1, -0.05) is 13.8 Å². The van der Waals surface area contributed by atoms with Gasteiger partial charge in [0.05, 0.1) is 0 Å². The molecule has 0 bridgehead atoms. The predicted octanol–water partition coefficient (Wildman–Crippen LogP) is 1.74. The van der Waals surface area contributed by atoms with Crippen molar-refractivity contribution < 1.29 is 4.79 Å². The van der Waals surface area contributed by atoms with Crippen LogP contribution in [0.15, 0.2) is 11.0 Å². The van der Waals surface area contributed by atoms with E-state index in [4.69, 9.17) is 0 Å². The van der Waals surface area contributed by atoms with Gasteiger partial charge in [0.1, 0.15) is 5.69 Å². The number of amides is 1. The lowest BCUT2D eigenvalue weighted by Crippen LogP contribution is -2.21. The van der Waals surface area contributed by atoms with E-state index in [1.54, 1.807) is 6.20 Å². The van der Waals surface area contributed by atoms with Crippen LogP contribution in [0.4, 0.5) is 0 Å². The fourth-order valence-corrected chi connectivity index (χ4v) is 1.82. The highest BCUT2D eigenvalue weighted by Crippen LogP contribution is 2.11. The fraction of sp³-hybridized carbons (Fsp3) is 0.643. The van der Waals surface area contributed by atoms with Gasteiger partial charge in [0.2, 0.25) is 5.91 Å². The Morgan fingerprint density at radius 2 is 2.21 bits per heavy atom. The molecule has 19 heavy (non-hydrogen) atoms. The Morgan fingerprint density at radius 3 is 2.79 bits per heavy atom. The molecule has 0 radical (unpaired) electrons. The van der Waals surface area contributed by atoms with Crippen molar-refractivity contribution >= 4 is 5.91 Å². The first-order valence-corrected chi connectivity index (χ1v) is 6.87. The summed E-state index contributed by atoms with van der Waals surface area (Å²) in [5, 5.41) is 2.75. The van der Waals surface area contributed by atoms with Gasteiger partial charge in [-0.2, -0.15) is 0 Å². The third kappa shape index (κ3) is 5.24. The third-order valence-electron chi connectivity index (χ3n) is 3.19. The van der Waals surface area contributed by atoms with E-state index in [1.807, 2.05) is 13.8 Å². The van der Waals surface area contributed by atoms with Gasteiger partial charge in [-0.15, -0.1) is 0 Å². The summed E-state index contributed by atoms with van der Waals surface area (Å²) in [4.78, 5) is 29.7. The van der Waals surface area contributed by atoms with Crippen LogP contribution in [0.3, 0.4) is 0 Å². The van der Waals surface area contributed by atoms with Crippen LogP contribution in [0.2, 0.25) is 0 Å². The van der Waals surface area contributed by atoms with Crippen molar-refractivity contribution in [1.29, 1.82) is 0 Å². The first-order valence-electron chi connectivity index (χ1n) is 6.87. The van der Waals surface area contributed by atoms with Gasteiger partial charge < -0.3 is 10.3 Å². The lowest BCUT2D eigenvalue weighted by Gasteiger charge is -2.08. The number of aromatic amines is 1. The van der Waals surface area contributed by atoms with Gasteiger partial charge >= 0.3 is 0 Å². The molecule has 0 aliphatic heterocycles. The molecule has 2 N–H and O–H groups in total. The van der Waals surface area contributed by atoms with E-state index in [9.17, 15) is 9.59 Å². The van der Waals surface area contributed by atoms with Crippen LogP contribution >= 0.6 is 0 Å². The molecule has 0 fully saturated rings. The smallest absolute Gasteiger partial charge is 0.270 e. The maximum Gasteiger partial charge on any atom is 0.270 e. The second kappa shape index (κ2) is 7.71. The summed E-state index contributed by atoms with van der Waals surface area (Å²) in [5.41, 5.74) is 1.40. The summed E-state index contributed by atoms with van der Waals surface area (Å²) in [6.07, 6.45) is 5.26. The van der Waals surface area contributed by atoms with Crippen LogP contribution in [-0.4, -0.2) is 22.4 Å². The molecule has 5 nitrogen and oxygen atoms in total. The Kier molecular flexibility index (Phi) is 6.25. The lowest BCUT2D eigenvalue weighted by atomic mass is 10.1. The number of rotatable bonds is 7. The van der Waals surface area contributed by atoms with Crippen molar-refractivity contribution in [2.45, 2.75) is 52.4 Å². The van der Waals surface area contributed by atoms with Crippen molar-refractivity contribution in [3.63, 3.8) is 0 Å². The van der Waals surface area contributed by atoms with Gasteiger partial charge in [0.15, 0.2) is 0 Å². The summed E-state index contributed by atoms with van der Waals surface area (Å²) in [6.45, 7) is 6.24. The molecule has 106 valence electrons. The average molecular weight is 265 g/mol. The quantitative estimate of drug-likeness (QED) is 0.737. The maximum atomic E-state index is 11.8. The molecule has 0 aliphatic rings. The van der Waals surface area contributed by atoms with E-state index in [2.05, 4.69) is 15.3 Å². The number of carbonyl (C=O) groups is 1. The molecule has 0 saturated carbocycles. The summed E-state index contributed by atoms with van der Waals surface area (Å²) in [7, 11) is 0. The topological polar surface area (TPSA) is 74.8 Å². The van der Waals surface area contributed by atoms with Crippen LogP contribution in [0.5, 0.6) is 0 Å². The van der Waals surface area contributed by atoms with Crippen LogP contribution in [0, 0.1) is 0 Å². The van der Waals surface area contributed by atoms with Crippen LogP contribution < -0.4 is 10.9 Å². The van der Waals surface area contributed by atoms with Crippen molar-refractivity contribution in [2.75, 3.05) is 6.54 Å². The number of aryl methyl sites for hydroxylation is 1. The molecule has 1 aromatic rings. The highest BCUT2D eigenvalue weighted by Gasteiger charge is 2.09. The zero-order valence-corrected chi connectivity index (χ0v) is 12.0. The van der Waals surface area contributed by atoms with E-state index in [-0.39, 0.29) is 17.4 Å². The Labute approximate surface area is 113 Å². The van der Waals surface area contributed by atoms with Crippen molar-refractivity contribution in [3.05, 3.63) is 27.9 Å². The number of hydrogen-bond donors (Lipinski definition) is 2. The Morgan fingerprint density at radius 1 is 1.47 bits per heavy atom. The minimum absolute atomic E-state index is 0.00650. The summed E-state index contributed by atoms with van der Waals surface area (Å²) < 4.78 is 0. The summed E-state index contributed by atoms with van der Waals surface area (Å²) in [5.74, 6) is 0.186. The van der Waals surface area contributed by atoms with Crippen molar-refractivity contribution in [1.82, 2.24) is 15.3 Å². The zero-order chi connectivity index (χ0) is 14.3. The number of unbranched alkanes of at least 4 members (excludes halogenated alkanes) is 1. The van der Waals surface area contributed by atoms with Gasteiger partial charge in [0.25, 0.3) is 5.56 Å². The van der Waals surface area contributed by atoms with Gasteiger partial charge in [0, 0.05) is 31.3 Å². The number of nitrogens with zero attached hydrogens (tertiary/aromatic N) is 1. The van der Waals surface area contributed by atoms with Crippen LogP contribution in [0.1, 0.15) is 57.3 Å². The Bertz CT molecular complexity index is 468. The van der Waals surface area contributed by atoms with Gasteiger partial charge in [-0.3, -0.25) is 14.6 Å². The largest absolute Gasteiger partial charge is 0.356 e.